The molecular formula is C7H11F3OS2. The van der Waals surface area contributed by atoms with Crippen molar-refractivity contribution in [1.29, 1.82) is 0 Å². The van der Waals surface area contributed by atoms with Crippen molar-refractivity contribution in [2.75, 3.05) is 12.9 Å². The molecule has 13 heavy (non-hydrogen) atoms. The van der Waals surface area contributed by atoms with Gasteiger partial charge in [0, 0.05) is 0 Å². The molecule has 0 rings (SSSR count). The largest absolute Gasteiger partial charge is 0.478 e. The molecule has 0 aromatic heterocycles. The van der Waals surface area contributed by atoms with E-state index in [1.165, 1.54) is 0 Å². The number of hydrogen-bond acceptors (Lipinski definition) is 3. The van der Waals surface area contributed by atoms with Gasteiger partial charge in [0.2, 0.25) is 4.38 Å². The van der Waals surface area contributed by atoms with Gasteiger partial charge in [-0.05, 0) is 32.3 Å². The Kier molecular flexibility index (Phi) is 4.51. The van der Waals surface area contributed by atoms with Gasteiger partial charge >= 0.3 is 6.18 Å². The van der Waals surface area contributed by atoms with Crippen molar-refractivity contribution < 1.29 is 17.9 Å². The third kappa shape index (κ3) is 4.17. The Morgan fingerprint density at radius 1 is 1.38 bits per heavy atom. The van der Waals surface area contributed by atoms with Crippen molar-refractivity contribution in [1.82, 2.24) is 0 Å². The Balaban J connectivity index is 4.12. The highest BCUT2D eigenvalue weighted by Crippen LogP contribution is 2.37. The Morgan fingerprint density at radius 3 is 2.15 bits per heavy atom. The second-order valence-corrected chi connectivity index (χ2v) is 4.53. The summed E-state index contributed by atoms with van der Waals surface area (Å²) in [7, 11) is 0. The number of thioether (sulfide) groups is 1. The molecule has 78 valence electrons. The topological polar surface area (TPSA) is 9.23 Å². The Morgan fingerprint density at radius 2 is 1.85 bits per heavy atom. The lowest BCUT2D eigenvalue weighted by molar-refractivity contribution is -0.220. The summed E-state index contributed by atoms with van der Waals surface area (Å²) < 4.78 is 41.7. The predicted molar refractivity (Wildman–Crippen MR) is 51.9 cm³/mol. The summed E-state index contributed by atoms with van der Waals surface area (Å²) >= 11 is 5.74. The van der Waals surface area contributed by atoms with E-state index in [-0.39, 0.29) is 4.38 Å². The van der Waals surface area contributed by atoms with E-state index in [1.807, 2.05) is 0 Å². The van der Waals surface area contributed by atoms with E-state index in [2.05, 4.69) is 12.2 Å². The summed E-state index contributed by atoms with van der Waals surface area (Å²) in [5.74, 6) is 0. The van der Waals surface area contributed by atoms with Crippen molar-refractivity contribution in [2.45, 2.75) is 20.0 Å². The molecule has 0 radical (unpaired) electrons. The molecule has 0 heterocycles. The highest BCUT2D eigenvalue weighted by molar-refractivity contribution is 8.22. The van der Waals surface area contributed by atoms with E-state index in [4.69, 9.17) is 4.74 Å². The zero-order valence-electron chi connectivity index (χ0n) is 7.57. The smallest absolute Gasteiger partial charge is 0.397 e. The molecule has 0 saturated heterocycles. The average Bonchev–Trinajstić information content (AvgIpc) is 1.98. The zero-order valence-corrected chi connectivity index (χ0v) is 9.20. The average molecular weight is 232 g/mol. The van der Waals surface area contributed by atoms with Crippen LogP contribution in [0.25, 0.3) is 0 Å². The number of ether oxygens (including phenoxy) is 1. The fourth-order valence-corrected chi connectivity index (χ4v) is 0.616. The van der Waals surface area contributed by atoms with Gasteiger partial charge in [-0.2, -0.15) is 13.2 Å². The fourth-order valence-electron chi connectivity index (χ4n) is 0.380. The molecule has 0 spiro atoms. The molecule has 0 atom stereocenters. The summed E-state index contributed by atoms with van der Waals surface area (Å²) in [4.78, 5) is 0. The zero-order chi connectivity index (χ0) is 10.7. The van der Waals surface area contributed by atoms with Gasteiger partial charge in [-0.25, -0.2) is 0 Å². The molecule has 0 saturated carbocycles. The maximum atomic E-state index is 12.3. The third-order valence-corrected chi connectivity index (χ3v) is 2.55. The monoisotopic (exact) mass is 232 g/mol. The SMILES string of the molecule is CSC(=S)OCC(C)(C)C(F)(F)F. The first-order valence-corrected chi connectivity index (χ1v) is 5.11. The van der Waals surface area contributed by atoms with E-state index in [9.17, 15) is 13.2 Å². The van der Waals surface area contributed by atoms with Crippen LogP contribution >= 0.6 is 24.0 Å². The molecule has 0 fully saturated rings. The quantitative estimate of drug-likeness (QED) is 0.676. The number of rotatable bonds is 2. The maximum Gasteiger partial charge on any atom is 0.397 e. The van der Waals surface area contributed by atoms with Crippen LogP contribution in [0.15, 0.2) is 0 Å². The van der Waals surface area contributed by atoms with Crippen molar-refractivity contribution in [2.24, 2.45) is 5.41 Å². The van der Waals surface area contributed by atoms with Crippen LogP contribution in [0.4, 0.5) is 13.2 Å². The highest BCUT2D eigenvalue weighted by Gasteiger charge is 2.48. The third-order valence-electron chi connectivity index (χ3n) is 1.48. The van der Waals surface area contributed by atoms with Crippen LogP contribution in [0.1, 0.15) is 13.8 Å². The second-order valence-electron chi connectivity index (χ2n) is 3.12. The first-order valence-electron chi connectivity index (χ1n) is 3.48. The van der Waals surface area contributed by atoms with Gasteiger partial charge in [-0.1, -0.05) is 11.8 Å². The molecule has 0 aliphatic rings. The minimum atomic E-state index is -4.26. The minimum absolute atomic E-state index is 0.136. The van der Waals surface area contributed by atoms with Crippen LogP contribution < -0.4 is 0 Å². The van der Waals surface area contributed by atoms with E-state index in [0.29, 0.717) is 0 Å². The lowest BCUT2D eigenvalue weighted by atomic mass is 9.94. The summed E-state index contributed by atoms with van der Waals surface area (Å²) in [6, 6.07) is 0. The summed E-state index contributed by atoms with van der Waals surface area (Å²) in [6.45, 7) is 1.72. The fraction of sp³-hybridized carbons (Fsp3) is 0.857. The van der Waals surface area contributed by atoms with Crippen LogP contribution in [-0.2, 0) is 4.74 Å². The molecular weight excluding hydrogens is 221 g/mol. The molecule has 0 N–H and O–H groups in total. The van der Waals surface area contributed by atoms with Crippen molar-refractivity contribution >= 4 is 28.4 Å². The Bertz CT molecular complexity index is 189. The molecule has 6 heteroatoms. The van der Waals surface area contributed by atoms with Gasteiger partial charge < -0.3 is 4.74 Å². The van der Waals surface area contributed by atoms with Crippen LogP contribution in [0.2, 0.25) is 0 Å². The first-order chi connectivity index (χ1) is 5.70. The van der Waals surface area contributed by atoms with Gasteiger partial charge in [0.1, 0.15) is 6.61 Å². The second kappa shape index (κ2) is 4.50. The summed E-state index contributed by atoms with van der Waals surface area (Å²) in [6.07, 6.45) is -2.61. The number of alkyl halides is 3. The Hall–Kier alpha value is 0.0300. The van der Waals surface area contributed by atoms with Crippen molar-refractivity contribution in [3.8, 4) is 0 Å². The lowest BCUT2D eigenvalue weighted by Crippen LogP contribution is -2.36. The maximum absolute atomic E-state index is 12.3. The van der Waals surface area contributed by atoms with Crippen molar-refractivity contribution in [3.05, 3.63) is 0 Å². The molecule has 0 bridgehead atoms. The van der Waals surface area contributed by atoms with E-state index >= 15 is 0 Å². The number of halogens is 3. The van der Waals surface area contributed by atoms with Gasteiger partial charge in [0.25, 0.3) is 0 Å². The lowest BCUT2D eigenvalue weighted by Gasteiger charge is -2.27. The van der Waals surface area contributed by atoms with Crippen molar-refractivity contribution in [3.63, 3.8) is 0 Å². The van der Waals surface area contributed by atoms with Crippen LogP contribution in [-0.4, -0.2) is 23.4 Å². The molecule has 0 aliphatic carbocycles. The predicted octanol–water partition coefficient (Wildman–Crippen LogP) is 3.24. The molecule has 1 nitrogen and oxygen atoms in total. The van der Waals surface area contributed by atoms with Crippen LogP contribution in [0.3, 0.4) is 0 Å². The van der Waals surface area contributed by atoms with Gasteiger partial charge in [-0.15, -0.1) is 0 Å². The summed E-state index contributed by atoms with van der Waals surface area (Å²) in [5.41, 5.74) is -1.85. The first kappa shape index (κ1) is 13.0. The molecule has 0 unspecified atom stereocenters. The molecule has 0 amide bonds. The summed E-state index contributed by atoms with van der Waals surface area (Å²) in [5, 5.41) is 0. The van der Waals surface area contributed by atoms with E-state index in [0.717, 1.165) is 25.6 Å². The normalized spacial score (nSPS) is 12.8. The number of thiocarbonyl (C=S) groups is 1. The molecule has 0 aromatic carbocycles. The van der Waals surface area contributed by atoms with Crippen LogP contribution in [0.5, 0.6) is 0 Å². The highest BCUT2D eigenvalue weighted by atomic mass is 32.2. The van der Waals surface area contributed by atoms with Gasteiger partial charge in [-0.3, -0.25) is 0 Å². The Labute approximate surface area is 85.0 Å². The van der Waals surface area contributed by atoms with Gasteiger partial charge in [0.05, 0.1) is 5.41 Å². The molecule has 0 aromatic rings. The number of hydrogen-bond donors (Lipinski definition) is 0. The van der Waals surface area contributed by atoms with Crippen LogP contribution in [0, 0.1) is 5.41 Å². The minimum Gasteiger partial charge on any atom is -0.478 e. The molecule has 0 aliphatic heterocycles. The van der Waals surface area contributed by atoms with E-state index in [1.54, 1.807) is 6.26 Å². The standard InChI is InChI=1S/C7H11F3OS2/c1-6(2,7(8,9)10)4-11-5(12)13-3/h4H2,1-3H3. The van der Waals surface area contributed by atoms with Gasteiger partial charge in [0.15, 0.2) is 0 Å². The van der Waals surface area contributed by atoms with E-state index < -0.39 is 18.2 Å².